The molecular formula is C11H18F3NS. The van der Waals surface area contributed by atoms with E-state index in [-0.39, 0.29) is 5.25 Å². The van der Waals surface area contributed by atoms with Gasteiger partial charge >= 0.3 is 6.18 Å². The van der Waals surface area contributed by atoms with Gasteiger partial charge < -0.3 is 5.32 Å². The van der Waals surface area contributed by atoms with Crippen LogP contribution in [0.25, 0.3) is 0 Å². The van der Waals surface area contributed by atoms with Crippen molar-refractivity contribution in [3.05, 3.63) is 0 Å². The first-order chi connectivity index (χ1) is 7.47. The molecule has 1 nitrogen and oxygen atoms in total. The van der Waals surface area contributed by atoms with Gasteiger partial charge in [0.15, 0.2) is 0 Å². The van der Waals surface area contributed by atoms with Crippen LogP contribution in [0.2, 0.25) is 0 Å². The Hall–Kier alpha value is 0.100. The number of thioether (sulfide) groups is 1. The maximum absolute atomic E-state index is 12.6. The molecule has 0 aromatic heterocycles. The van der Waals surface area contributed by atoms with Crippen LogP contribution in [0.1, 0.15) is 26.2 Å². The van der Waals surface area contributed by atoms with E-state index in [1.54, 1.807) is 11.8 Å². The predicted molar refractivity (Wildman–Crippen MR) is 60.6 cm³/mol. The Kier molecular flexibility index (Phi) is 3.74. The van der Waals surface area contributed by atoms with Gasteiger partial charge in [0.25, 0.3) is 0 Å². The quantitative estimate of drug-likeness (QED) is 0.712. The maximum Gasteiger partial charge on any atom is 0.391 e. The third-order valence-electron chi connectivity index (χ3n) is 3.58. The highest BCUT2D eigenvalue weighted by molar-refractivity contribution is 8.00. The first-order valence-corrected chi connectivity index (χ1v) is 6.93. The molecule has 4 unspecified atom stereocenters. The summed E-state index contributed by atoms with van der Waals surface area (Å²) in [4.78, 5) is 0. The molecule has 1 N–H and O–H groups in total. The first kappa shape index (κ1) is 12.6. The van der Waals surface area contributed by atoms with Gasteiger partial charge in [-0.05, 0) is 37.5 Å². The molecular weight excluding hydrogens is 235 g/mol. The smallest absolute Gasteiger partial charge is 0.313 e. The number of hydrogen-bond acceptors (Lipinski definition) is 2. The lowest BCUT2D eigenvalue weighted by Crippen LogP contribution is -2.44. The minimum atomic E-state index is -4.00. The summed E-state index contributed by atoms with van der Waals surface area (Å²) in [5.74, 6) is 0.482. The minimum Gasteiger partial charge on any atom is -0.313 e. The number of fused-ring (bicyclic) bond motifs is 1. The van der Waals surface area contributed by atoms with Crippen molar-refractivity contribution in [1.29, 1.82) is 0 Å². The van der Waals surface area contributed by atoms with E-state index in [0.717, 1.165) is 12.3 Å². The zero-order valence-corrected chi connectivity index (χ0v) is 10.2. The van der Waals surface area contributed by atoms with Crippen molar-refractivity contribution in [3.8, 4) is 0 Å². The molecule has 0 aromatic carbocycles. The average molecular weight is 253 g/mol. The molecule has 94 valence electrons. The monoisotopic (exact) mass is 253 g/mol. The molecule has 4 atom stereocenters. The van der Waals surface area contributed by atoms with Crippen molar-refractivity contribution in [2.45, 2.75) is 43.7 Å². The molecule has 5 heteroatoms. The summed E-state index contributed by atoms with van der Waals surface area (Å²) in [6.07, 6.45) is -2.72. The molecule has 0 bridgehead atoms. The molecule has 2 rings (SSSR count). The van der Waals surface area contributed by atoms with Crippen molar-refractivity contribution in [3.63, 3.8) is 0 Å². The van der Waals surface area contributed by atoms with Crippen LogP contribution in [-0.2, 0) is 0 Å². The van der Waals surface area contributed by atoms with Crippen molar-refractivity contribution >= 4 is 11.8 Å². The van der Waals surface area contributed by atoms with Gasteiger partial charge in [0, 0.05) is 11.3 Å². The lowest BCUT2D eigenvalue weighted by atomic mass is 9.85. The second kappa shape index (κ2) is 4.77. The van der Waals surface area contributed by atoms with Gasteiger partial charge in [-0.25, -0.2) is 0 Å². The Balaban J connectivity index is 1.97. The fourth-order valence-corrected chi connectivity index (χ4v) is 4.07. The number of rotatable bonds is 0. The molecule has 0 radical (unpaired) electrons. The van der Waals surface area contributed by atoms with Crippen LogP contribution in [0.5, 0.6) is 0 Å². The van der Waals surface area contributed by atoms with Gasteiger partial charge in [-0.2, -0.15) is 24.9 Å². The molecule has 0 spiro atoms. The van der Waals surface area contributed by atoms with Crippen LogP contribution >= 0.6 is 11.8 Å². The molecule has 0 aromatic rings. The molecule has 1 heterocycles. The topological polar surface area (TPSA) is 12.0 Å². The van der Waals surface area contributed by atoms with Crippen LogP contribution in [0.15, 0.2) is 0 Å². The molecule has 1 aliphatic carbocycles. The SMILES string of the molecule is CC1CNC2CCC(C(F)(F)F)CC2SC1. The highest BCUT2D eigenvalue weighted by atomic mass is 32.2. The van der Waals surface area contributed by atoms with E-state index in [1.165, 1.54) is 0 Å². The van der Waals surface area contributed by atoms with Crippen molar-refractivity contribution in [1.82, 2.24) is 5.32 Å². The average Bonchev–Trinajstić information content (AvgIpc) is 2.39. The van der Waals surface area contributed by atoms with Crippen LogP contribution in [0, 0.1) is 11.8 Å². The van der Waals surface area contributed by atoms with Crippen molar-refractivity contribution in [2.75, 3.05) is 12.3 Å². The summed E-state index contributed by atoms with van der Waals surface area (Å²) >= 11 is 1.73. The Labute approximate surface area is 98.5 Å². The van der Waals surface area contributed by atoms with E-state index in [0.29, 0.717) is 31.2 Å². The fraction of sp³-hybridized carbons (Fsp3) is 1.00. The normalized spacial score (nSPS) is 41.2. The second-order valence-electron chi connectivity index (χ2n) is 5.04. The van der Waals surface area contributed by atoms with Gasteiger partial charge in [-0.1, -0.05) is 6.92 Å². The number of halogens is 3. The van der Waals surface area contributed by atoms with Crippen LogP contribution in [0.3, 0.4) is 0 Å². The zero-order chi connectivity index (χ0) is 11.8. The largest absolute Gasteiger partial charge is 0.391 e. The summed E-state index contributed by atoms with van der Waals surface area (Å²) in [5.41, 5.74) is 0. The summed E-state index contributed by atoms with van der Waals surface area (Å²) < 4.78 is 37.9. The highest BCUT2D eigenvalue weighted by Gasteiger charge is 2.45. The molecule has 0 amide bonds. The first-order valence-electron chi connectivity index (χ1n) is 5.88. The molecule has 2 aliphatic rings. The lowest BCUT2D eigenvalue weighted by Gasteiger charge is -2.35. The van der Waals surface area contributed by atoms with Crippen molar-refractivity contribution in [2.24, 2.45) is 11.8 Å². The van der Waals surface area contributed by atoms with E-state index < -0.39 is 12.1 Å². The molecule has 1 saturated carbocycles. The standard InChI is InChI=1S/C11H18F3NS/c1-7-5-15-9-3-2-8(11(12,13)14)4-10(9)16-6-7/h7-10,15H,2-6H2,1H3. The van der Waals surface area contributed by atoms with E-state index in [2.05, 4.69) is 12.2 Å². The van der Waals surface area contributed by atoms with E-state index >= 15 is 0 Å². The summed E-state index contributed by atoms with van der Waals surface area (Å²) in [6.45, 7) is 3.10. The van der Waals surface area contributed by atoms with E-state index in [4.69, 9.17) is 0 Å². The number of nitrogens with one attached hydrogen (secondary N) is 1. The molecule has 2 fully saturated rings. The van der Waals surface area contributed by atoms with E-state index in [9.17, 15) is 13.2 Å². The van der Waals surface area contributed by atoms with Gasteiger partial charge in [-0.3, -0.25) is 0 Å². The Morgan fingerprint density at radius 3 is 2.69 bits per heavy atom. The zero-order valence-electron chi connectivity index (χ0n) is 9.39. The Morgan fingerprint density at radius 2 is 2.00 bits per heavy atom. The highest BCUT2D eigenvalue weighted by Crippen LogP contribution is 2.42. The number of alkyl halides is 3. The third-order valence-corrected chi connectivity index (χ3v) is 5.29. The Bertz CT molecular complexity index is 244. The van der Waals surface area contributed by atoms with Gasteiger partial charge in [0.1, 0.15) is 0 Å². The fourth-order valence-electron chi connectivity index (χ4n) is 2.54. The van der Waals surface area contributed by atoms with E-state index in [1.807, 2.05) is 0 Å². The van der Waals surface area contributed by atoms with Gasteiger partial charge in [0.2, 0.25) is 0 Å². The van der Waals surface area contributed by atoms with Crippen LogP contribution in [0.4, 0.5) is 13.2 Å². The summed E-state index contributed by atoms with van der Waals surface area (Å²) in [7, 11) is 0. The Morgan fingerprint density at radius 1 is 1.25 bits per heavy atom. The van der Waals surface area contributed by atoms with Gasteiger partial charge in [0.05, 0.1) is 5.92 Å². The molecule has 16 heavy (non-hydrogen) atoms. The molecule has 1 saturated heterocycles. The third kappa shape index (κ3) is 2.86. The summed E-state index contributed by atoms with van der Waals surface area (Å²) in [6, 6.07) is 0.300. The maximum atomic E-state index is 12.6. The summed E-state index contributed by atoms with van der Waals surface area (Å²) in [5, 5.41) is 3.57. The van der Waals surface area contributed by atoms with Gasteiger partial charge in [-0.15, -0.1) is 0 Å². The number of hydrogen-bond donors (Lipinski definition) is 1. The van der Waals surface area contributed by atoms with Crippen LogP contribution in [-0.4, -0.2) is 29.8 Å². The van der Waals surface area contributed by atoms with Crippen LogP contribution < -0.4 is 5.32 Å². The van der Waals surface area contributed by atoms with Crippen molar-refractivity contribution < 1.29 is 13.2 Å². The second-order valence-corrected chi connectivity index (χ2v) is 6.32. The molecule has 1 aliphatic heterocycles. The minimum absolute atomic E-state index is 0.158. The lowest BCUT2D eigenvalue weighted by molar-refractivity contribution is -0.182. The predicted octanol–water partition coefficient (Wildman–Crippen LogP) is 3.06.